The standard InChI is InChI=1S/C13H22N2O4S/c1-9-4-5-12(14)13(10(9)2)20(17,18)15-11(6-7-16)8-19-3/h4-5,11,15-16H,6-8,14H2,1-3H3. The fourth-order valence-electron chi connectivity index (χ4n) is 1.98. The van der Waals surface area contributed by atoms with Gasteiger partial charge in [0.1, 0.15) is 4.90 Å². The molecule has 0 amide bonds. The maximum absolute atomic E-state index is 12.5. The molecule has 1 aromatic carbocycles. The highest BCUT2D eigenvalue weighted by Crippen LogP contribution is 2.25. The molecule has 0 spiro atoms. The fourth-order valence-corrected chi connectivity index (χ4v) is 3.66. The first-order valence-corrected chi connectivity index (χ1v) is 7.79. The van der Waals surface area contributed by atoms with Crippen LogP contribution in [0.15, 0.2) is 17.0 Å². The number of aliphatic hydroxyl groups is 1. The molecule has 1 rings (SSSR count). The number of methoxy groups -OCH3 is 1. The summed E-state index contributed by atoms with van der Waals surface area (Å²) in [6, 6.07) is 2.87. The maximum atomic E-state index is 12.5. The van der Waals surface area contributed by atoms with Gasteiger partial charge in [0.15, 0.2) is 0 Å². The summed E-state index contributed by atoms with van der Waals surface area (Å²) >= 11 is 0. The predicted molar refractivity (Wildman–Crippen MR) is 78.0 cm³/mol. The monoisotopic (exact) mass is 302 g/mol. The zero-order chi connectivity index (χ0) is 15.3. The van der Waals surface area contributed by atoms with Crippen LogP contribution in [0.5, 0.6) is 0 Å². The Kier molecular flexibility index (Phi) is 5.94. The summed E-state index contributed by atoms with van der Waals surface area (Å²) in [5, 5.41) is 8.97. The van der Waals surface area contributed by atoms with Crippen LogP contribution in [0.4, 0.5) is 5.69 Å². The van der Waals surface area contributed by atoms with Crippen molar-refractivity contribution in [2.24, 2.45) is 0 Å². The van der Waals surface area contributed by atoms with Crippen LogP contribution in [0, 0.1) is 13.8 Å². The van der Waals surface area contributed by atoms with Crippen molar-refractivity contribution in [3.8, 4) is 0 Å². The van der Waals surface area contributed by atoms with Gasteiger partial charge in [-0.1, -0.05) is 6.07 Å². The van der Waals surface area contributed by atoms with E-state index in [0.717, 1.165) is 5.56 Å². The summed E-state index contributed by atoms with van der Waals surface area (Å²) in [4.78, 5) is 0.0940. The number of nitrogens with one attached hydrogen (secondary N) is 1. The van der Waals surface area contributed by atoms with E-state index in [4.69, 9.17) is 15.6 Å². The molecule has 0 bridgehead atoms. The molecule has 0 aliphatic rings. The third kappa shape index (κ3) is 3.92. The van der Waals surface area contributed by atoms with Crippen molar-refractivity contribution in [3.05, 3.63) is 23.3 Å². The predicted octanol–water partition coefficient (Wildman–Crippen LogP) is 0.561. The first-order valence-electron chi connectivity index (χ1n) is 6.31. The number of nitrogens with two attached hydrogens (primary N) is 1. The van der Waals surface area contributed by atoms with E-state index in [0.29, 0.717) is 5.56 Å². The molecule has 0 fully saturated rings. The average Bonchev–Trinajstić information content (AvgIpc) is 2.34. The largest absolute Gasteiger partial charge is 0.398 e. The fraction of sp³-hybridized carbons (Fsp3) is 0.538. The lowest BCUT2D eigenvalue weighted by Crippen LogP contribution is -2.39. The molecule has 4 N–H and O–H groups in total. The molecular weight excluding hydrogens is 280 g/mol. The Morgan fingerprint density at radius 2 is 2.05 bits per heavy atom. The van der Waals surface area contributed by atoms with E-state index in [1.165, 1.54) is 7.11 Å². The topological polar surface area (TPSA) is 102 Å². The van der Waals surface area contributed by atoms with E-state index in [9.17, 15) is 8.42 Å². The molecule has 0 aliphatic carbocycles. The van der Waals surface area contributed by atoms with E-state index in [1.54, 1.807) is 19.1 Å². The number of nitrogen functional groups attached to an aromatic ring is 1. The molecule has 1 unspecified atom stereocenters. The lowest BCUT2D eigenvalue weighted by molar-refractivity contribution is 0.158. The van der Waals surface area contributed by atoms with Gasteiger partial charge in [-0.05, 0) is 37.5 Å². The number of hydrogen-bond acceptors (Lipinski definition) is 5. The van der Waals surface area contributed by atoms with Crippen LogP contribution >= 0.6 is 0 Å². The lowest BCUT2D eigenvalue weighted by Gasteiger charge is -2.19. The van der Waals surface area contributed by atoms with Crippen LogP contribution in [0.3, 0.4) is 0 Å². The second-order valence-electron chi connectivity index (χ2n) is 4.71. The molecule has 0 heterocycles. The molecule has 114 valence electrons. The lowest BCUT2D eigenvalue weighted by atomic mass is 10.1. The Labute approximate surface area is 120 Å². The van der Waals surface area contributed by atoms with Gasteiger partial charge < -0.3 is 15.6 Å². The summed E-state index contributed by atoms with van der Waals surface area (Å²) in [5.74, 6) is 0. The Hall–Kier alpha value is -1.15. The molecule has 1 aromatic rings. The summed E-state index contributed by atoms with van der Waals surface area (Å²) in [5.41, 5.74) is 7.48. The third-order valence-electron chi connectivity index (χ3n) is 3.14. The van der Waals surface area contributed by atoms with Crippen LogP contribution in [-0.2, 0) is 14.8 Å². The van der Waals surface area contributed by atoms with Gasteiger partial charge in [-0.15, -0.1) is 0 Å². The minimum absolute atomic E-state index is 0.0940. The highest BCUT2D eigenvalue weighted by Gasteiger charge is 2.24. The van der Waals surface area contributed by atoms with Crippen LogP contribution in [0.2, 0.25) is 0 Å². The molecule has 0 aromatic heterocycles. The number of rotatable bonds is 7. The zero-order valence-corrected chi connectivity index (χ0v) is 12.8. The summed E-state index contributed by atoms with van der Waals surface area (Å²) in [7, 11) is -2.28. The van der Waals surface area contributed by atoms with Crippen molar-refractivity contribution in [1.29, 1.82) is 0 Å². The molecule has 0 radical (unpaired) electrons. The van der Waals surface area contributed by atoms with E-state index in [-0.39, 0.29) is 30.2 Å². The van der Waals surface area contributed by atoms with E-state index < -0.39 is 16.1 Å². The van der Waals surface area contributed by atoms with Crippen LogP contribution in [0.25, 0.3) is 0 Å². The minimum atomic E-state index is -3.75. The molecule has 0 saturated carbocycles. The number of aliphatic hydroxyl groups excluding tert-OH is 1. The van der Waals surface area contributed by atoms with Gasteiger partial charge >= 0.3 is 0 Å². The van der Waals surface area contributed by atoms with Gasteiger partial charge in [-0.3, -0.25) is 0 Å². The maximum Gasteiger partial charge on any atom is 0.243 e. The number of aryl methyl sites for hydroxylation is 1. The van der Waals surface area contributed by atoms with Gasteiger partial charge in [-0.25, -0.2) is 13.1 Å². The van der Waals surface area contributed by atoms with Crippen molar-refractivity contribution >= 4 is 15.7 Å². The summed E-state index contributed by atoms with van der Waals surface area (Å²) < 4.78 is 32.4. The Bertz CT molecular complexity index is 552. The number of benzene rings is 1. The van der Waals surface area contributed by atoms with Gasteiger partial charge in [0.05, 0.1) is 12.3 Å². The van der Waals surface area contributed by atoms with Crippen molar-refractivity contribution in [2.75, 3.05) is 26.1 Å². The number of hydrogen-bond donors (Lipinski definition) is 3. The molecule has 20 heavy (non-hydrogen) atoms. The van der Waals surface area contributed by atoms with Crippen LogP contribution in [-0.4, -0.2) is 39.9 Å². The summed E-state index contributed by atoms with van der Waals surface area (Å²) in [6.07, 6.45) is 0.276. The second-order valence-corrected chi connectivity index (χ2v) is 6.36. The molecule has 1 atom stereocenters. The van der Waals surface area contributed by atoms with Gasteiger partial charge in [0, 0.05) is 19.8 Å². The zero-order valence-electron chi connectivity index (χ0n) is 12.0. The first-order chi connectivity index (χ1) is 9.33. The first kappa shape index (κ1) is 16.9. The normalized spacial score (nSPS) is 13.4. The molecular formula is C13H22N2O4S. The smallest absolute Gasteiger partial charge is 0.243 e. The summed E-state index contributed by atoms with van der Waals surface area (Å²) in [6.45, 7) is 3.61. The van der Waals surface area contributed by atoms with Gasteiger partial charge in [0.2, 0.25) is 10.0 Å². The average molecular weight is 302 g/mol. The number of anilines is 1. The Morgan fingerprint density at radius 1 is 1.40 bits per heavy atom. The molecule has 7 heteroatoms. The number of ether oxygens (including phenoxy) is 1. The Morgan fingerprint density at radius 3 is 2.60 bits per heavy atom. The van der Waals surface area contributed by atoms with Crippen LogP contribution < -0.4 is 10.5 Å². The highest BCUT2D eigenvalue weighted by molar-refractivity contribution is 7.89. The quantitative estimate of drug-likeness (QED) is 0.639. The van der Waals surface area contributed by atoms with E-state index >= 15 is 0 Å². The van der Waals surface area contributed by atoms with Crippen molar-refractivity contribution in [2.45, 2.75) is 31.2 Å². The third-order valence-corrected chi connectivity index (χ3v) is 4.87. The molecule has 0 saturated heterocycles. The van der Waals surface area contributed by atoms with E-state index in [1.807, 2.05) is 6.92 Å². The van der Waals surface area contributed by atoms with Gasteiger partial charge in [-0.2, -0.15) is 0 Å². The van der Waals surface area contributed by atoms with Crippen molar-refractivity contribution in [1.82, 2.24) is 4.72 Å². The molecule has 6 nitrogen and oxygen atoms in total. The Balaban J connectivity index is 3.13. The van der Waals surface area contributed by atoms with E-state index in [2.05, 4.69) is 4.72 Å². The SMILES string of the molecule is COCC(CCO)NS(=O)(=O)c1c(N)ccc(C)c1C. The highest BCUT2D eigenvalue weighted by atomic mass is 32.2. The second kappa shape index (κ2) is 7.03. The van der Waals surface area contributed by atoms with Crippen molar-refractivity contribution in [3.63, 3.8) is 0 Å². The van der Waals surface area contributed by atoms with Gasteiger partial charge in [0.25, 0.3) is 0 Å². The van der Waals surface area contributed by atoms with Crippen molar-refractivity contribution < 1.29 is 18.3 Å². The molecule has 0 aliphatic heterocycles. The van der Waals surface area contributed by atoms with Crippen LogP contribution in [0.1, 0.15) is 17.5 Å². The minimum Gasteiger partial charge on any atom is -0.398 e. The number of sulfonamides is 1.